The second-order valence-electron chi connectivity index (χ2n) is 8.37. The SMILES string of the molecule is CC(F)(F)c1csc(-c2cc(F)cc(CNC(=O)[C@@H]3C[C@@H](F)CN3S(=O)(=O)c3ccc(F)cc3)c2)n1. The average Bonchev–Trinajstić information content (AvgIpc) is 3.45. The van der Waals surface area contributed by atoms with Crippen molar-refractivity contribution in [2.45, 2.75) is 42.9 Å². The van der Waals surface area contributed by atoms with E-state index in [2.05, 4.69) is 10.3 Å². The number of halogens is 5. The summed E-state index contributed by atoms with van der Waals surface area (Å²) in [6, 6.07) is 6.26. The molecule has 1 fully saturated rings. The van der Waals surface area contributed by atoms with Crippen molar-refractivity contribution < 1.29 is 35.2 Å². The van der Waals surface area contributed by atoms with Gasteiger partial charge in [-0.3, -0.25) is 4.79 Å². The standard InChI is InChI=1S/C23H20F5N3O3S2/c1-23(27,28)20-12-35-22(30-20)14-6-13(7-16(25)8-14)10-29-21(32)19-9-17(26)11-31(19)36(33,34)18-4-2-15(24)3-5-18/h2-8,12,17,19H,9-11H2,1H3,(H,29,32)/t17-,19+/m1/s1. The van der Waals surface area contributed by atoms with E-state index in [0.29, 0.717) is 6.92 Å². The highest BCUT2D eigenvalue weighted by molar-refractivity contribution is 7.89. The van der Waals surface area contributed by atoms with E-state index in [4.69, 9.17) is 0 Å². The summed E-state index contributed by atoms with van der Waals surface area (Å²) in [4.78, 5) is 16.4. The van der Waals surface area contributed by atoms with Crippen LogP contribution >= 0.6 is 11.3 Å². The number of benzene rings is 2. The zero-order valence-corrected chi connectivity index (χ0v) is 20.4. The van der Waals surface area contributed by atoms with E-state index in [1.54, 1.807) is 0 Å². The number of sulfonamides is 1. The molecule has 4 rings (SSSR count). The van der Waals surface area contributed by atoms with Gasteiger partial charge in [-0.1, -0.05) is 0 Å². The van der Waals surface area contributed by atoms with Crippen LogP contribution in [0.1, 0.15) is 24.6 Å². The van der Waals surface area contributed by atoms with Crippen molar-refractivity contribution >= 4 is 27.3 Å². The molecule has 0 aliphatic carbocycles. The van der Waals surface area contributed by atoms with E-state index in [1.165, 1.54) is 11.4 Å². The third kappa shape index (κ3) is 5.57. The van der Waals surface area contributed by atoms with Gasteiger partial charge in [0, 0.05) is 37.4 Å². The first-order valence-electron chi connectivity index (χ1n) is 10.7. The molecule has 6 nitrogen and oxygen atoms in total. The smallest absolute Gasteiger partial charge is 0.287 e. The number of hydrogen-bond donors (Lipinski definition) is 1. The molecule has 1 N–H and O–H groups in total. The fraction of sp³-hybridized carbons (Fsp3) is 0.304. The number of amides is 1. The van der Waals surface area contributed by atoms with Gasteiger partial charge in [-0.15, -0.1) is 11.3 Å². The van der Waals surface area contributed by atoms with Gasteiger partial charge in [0.15, 0.2) is 0 Å². The summed E-state index contributed by atoms with van der Waals surface area (Å²) in [5.41, 5.74) is 0.0390. The minimum Gasteiger partial charge on any atom is -0.351 e. The van der Waals surface area contributed by atoms with Gasteiger partial charge in [0.2, 0.25) is 15.9 Å². The molecule has 1 aliphatic rings. The molecule has 2 aromatic carbocycles. The zero-order chi connectivity index (χ0) is 26.3. The molecule has 2 atom stereocenters. The molecule has 1 aromatic heterocycles. The Kier molecular flexibility index (Phi) is 7.17. The molecule has 36 heavy (non-hydrogen) atoms. The Morgan fingerprint density at radius 3 is 2.50 bits per heavy atom. The van der Waals surface area contributed by atoms with Crippen molar-refractivity contribution in [2.24, 2.45) is 0 Å². The van der Waals surface area contributed by atoms with E-state index in [0.717, 1.165) is 52.0 Å². The number of rotatable bonds is 7. The van der Waals surface area contributed by atoms with Crippen LogP contribution in [-0.2, 0) is 27.3 Å². The van der Waals surface area contributed by atoms with Crippen LogP contribution in [0.15, 0.2) is 52.7 Å². The monoisotopic (exact) mass is 545 g/mol. The summed E-state index contributed by atoms with van der Waals surface area (Å²) < 4.78 is 95.2. The average molecular weight is 546 g/mol. The predicted octanol–water partition coefficient (Wildman–Crippen LogP) is 4.62. The minimum absolute atomic E-state index is 0.159. The van der Waals surface area contributed by atoms with Gasteiger partial charge in [-0.2, -0.15) is 13.1 Å². The second kappa shape index (κ2) is 9.87. The van der Waals surface area contributed by atoms with E-state index in [-0.39, 0.29) is 34.0 Å². The molecule has 0 spiro atoms. The number of alkyl halides is 3. The number of aromatic nitrogens is 1. The third-order valence-corrected chi connectivity index (χ3v) is 8.33. The fourth-order valence-corrected chi connectivity index (χ4v) is 6.31. The van der Waals surface area contributed by atoms with Crippen LogP contribution in [0, 0.1) is 11.6 Å². The Bertz CT molecular complexity index is 1370. The highest BCUT2D eigenvalue weighted by atomic mass is 32.2. The number of nitrogens with zero attached hydrogens (tertiary/aromatic N) is 2. The normalized spacial score (nSPS) is 18.9. The molecule has 0 unspecified atom stereocenters. The Morgan fingerprint density at radius 1 is 1.17 bits per heavy atom. The molecule has 1 aliphatic heterocycles. The van der Waals surface area contributed by atoms with Gasteiger partial charge in [0.1, 0.15) is 34.5 Å². The van der Waals surface area contributed by atoms with Crippen LogP contribution in [0.5, 0.6) is 0 Å². The molecule has 0 radical (unpaired) electrons. The molecule has 3 aromatic rings. The van der Waals surface area contributed by atoms with Crippen molar-refractivity contribution in [3.05, 3.63) is 70.7 Å². The van der Waals surface area contributed by atoms with Gasteiger partial charge in [0.25, 0.3) is 5.92 Å². The van der Waals surface area contributed by atoms with Crippen LogP contribution in [-0.4, -0.2) is 42.4 Å². The lowest BCUT2D eigenvalue weighted by Crippen LogP contribution is -2.45. The summed E-state index contributed by atoms with van der Waals surface area (Å²) in [5, 5.41) is 3.81. The Hall–Kier alpha value is -2.90. The highest BCUT2D eigenvalue weighted by Gasteiger charge is 2.44. The number of carbonyl (C=O) groups is 1. The maximum Gasteiger partial charge on any atom is 0.287 e. The molecule has 2 heterocycles. The third-order valence-electron chi connectivity index (χ3n) is 5.55. The van der Waals surface area contributed by atoms with Gasteiger partial charge in [-0.25, -0.2) is 26.6 Å². The Labute approximate surface area is 207 Å². The molecular formula is C23H20F5N3O3S2. The maximum atomic E-state index is 14.2. The van der Waals surface area contributed by atoms with Gasteiger partial charge in [0.05, 0.1) is 4.90 Å². The Balaban J connectivity index is 1.50. The van der Waals surface area contributed by atoms with Crippen LogP contribution in [0.3, 0.4) is 0 Å². The zero-order valence-electron chi connectivity index (χ0n) is 18.7. The minimum atomic E-state index is -4.29. The van der Waals surface area contributed by atoms with Gasteiger partial charge < -0.3 is 5.32 Å². The Morgan fingerprint density at radius 2 is 1.86 bits per heavy atom. The van der Waals surface area contributed by atoms with Crippen molar-refractivity contribution in [3.8, 4) is 10.6 Å². The highest BCUT2D eigenvalue weighted by Crippen LogP contribution is 2.33. The number of hydrogen-bond acceptors (Lipinski definition) is 5. The molecule has 192 valence electrons. The summed E-state index contributed by atoms with van der Waals surface area (Å²) in [6.45, 7) is -0.0804. The molecule has 1 saturated heterocycles. The second-order valence-corrected chi connectivity index (χ2v) is 11.1. The summed E-state index contributed by atoms with van der Waals surface area (Å²) in [5.74, 6) is -5.30. The van der Waals surface area contributed by atoms with E-state index >= 15 is 0 Å². The predicted molar refractivity (Wildman–Crippen MR) is 123 cm³/mol. The topological polar surface area (TPSA) is 79.4 Å². The molecular weight excluding hydrogens is 525 g/mol. The van der Waals surface area contributed by atoms with Crippen LogP contribution in [0.4, 0.5) is 22.0 Å². The number of thiazole rings is 1. The number of nitrogens with one attached hydrogen (secondary N) is 1. The largest absolute Gasteiger partial charge is 0.351 e. The lowest BCUT2D eigenvalue weighted by Gasteiger charge is -2.23. The lowest BCUT2D eigenvalue weighted by molar-refractivity contribution is -0.124. The van der Waals surface area contributed by atoms with Crippen molar-refractivity contribution in [3.63, 3.8) is 0 Å². The molecule has 0 bridgehead atoms. The molecule has 1 amide bonds. The van der Waals surface area contributed by atoms with Gasteiger partial charge >= 0.3 is 0 Å². The quantitative estimate of drug-likeness (QED) is 0.440. The van der Waals surface area contributed by atoms with Gasteiger partial charge in [-0.05, 0) is 48.0 Å². The van der Waals surface area contributed by atoms with E-state index < -0.39 is 57.9 Å². The van der Waals surface area contributed by atoms with Crippen LogP contribution in [0.2, 0.25) is 0 Å². The number of carbonyl (C=O) groups excluding carboxylic acids is 1. The first-order valence-corrected chi connectivity index (χ1v) is 13.0. The van der Waals surface area contributed by atoms with Crippen molar-refractivity contribution in [1.82, 2.24) is 14.6 Å². The summed E-state index contributed by atoms with van der Waals surface area (Å²) in [7, 11) is -4.29. The summed E-state index contributed by atoms with van der Waals surface area (Å²) >= 11 is 0.910. The van der Waals surface area contributed by atoms with Crippen LogP contribution in [0.25, 0.3) is 10.6 Å². The lowest BCUT2D eigenvalue weighted by atomic mass is 10.1. The summed E-state index contributed by atoms with van der Waals surface area (Å²) in [6.07, 6.45) is -1.97. The van der Waals surface area contributed by atoms with E-state index in [1.807, 2.05) is 0 Å². The first kappa shape index (κ1) is 26.2. The first-order chi connectivity index (χ1) is 16.8. The molecule has 13 heteroatoms. The van der Waals surface area contributed by atoms with Crippen LogP contribution < -0.4 is 5.32 Å². The van der Waals surface area contributed by atoms with Crippen molar-refractivity contribution in [2.75, 3.05) is 6.54 Å². The van der Waals surface area contributed by atoms with Crippen molar-refractivity contribution in [1.29, 1.82) is 0 Å². The van der Waals surface area contributed by atoms with E-state index in [9.17, 15) is 35.2 Å². The maximum absolute atomic E-state index is 14.2. The fourth-order valence-electron chi connectivity index (χ4n) is 3.79. The molecule has 0 saturated carbocycles.